The van der Waals surface area contributed by atoms with Gasteiger partial charge in [0.2, 0.25) is 0 Å². The number of amides is 1. The molecule has 132 valence electrons. The summed E-state index contributed by atoms with van der Waals surface area (Å²) in [5.74, 6) is 0.454. The van der Waals surface area contributed by atoms with E-state index in [0.717, 1.165) is 11.8 Å². The van der Waals surface area contributed by atoms with Gasteiger partial charge in [-0.25, -0.2) is 8.42 Å². The summed E-state index contributed by atoms with van der Waals surface area (Å²) in [5, 5.41) is 2.89. The molecule has 0 aliphatic heterocycles. The molecule has 0 saturated carbocycles. The average Bonchev–Trinajstić information content (AvgIpc) is 2.59. The fourth-order valence-corrected chi connectivity index (χ4v) is 2.86. The number of ether oxygens (including phenoxy) is 1. The van der Waals surface area contributed by atoms with Crippen molar-refractivity contribution in [1.29, 1.82) is 0 Å². The predicted octanol–water partition coefficient (Wildman–Crippen LogP) is 3.15. The Kier molecular flexibility index (Phi) is 5.98. The maximum atomic E-state index is 12.3. The molecule has 0 heterocycles. The Labute approximate surface area is 148 Å². The van der Waals surface area contributed by atoms with Gasteiger partial charge in [0, 0.05) is 11.8 Å². The molecule has 1 atom stereocenters. The van der Waals surface area contributed by atoms with Crippen LogP contribution in [0.5, 0.6) is 5.75 Å². The highest BCUT2D eigenvalue weighted by Gasteiger charge is 2.13. The largest absolute Gasteiger partial charge is 0.490 e. The van der Waals surface area contributed by atoms with Gasteiger partial charge in [-0.05, 0) is 48.9 Å². The van der Waals surface area contributed by atoms with Gasteiger partial charge in [-0.1, -0.05) is 24.8 Å². The van der Waals surface area contributed by atoms with E-state index >= 15 is 0 Å². The van der Waals surface area contributed by atoms with Crippen molar-refractivity contribution in [2.24, 2.45) is 0 Å². The first kappa shape index (κ1) is 18.7. The lowest BCUT2D eigenvalue weighted by Crippen LogP contribution is -2.26. The van der Waals surface area contributed by atoms with Crippen LogP contribution in [0.15, 0.2) is 66.1 Å². The summed E-state index contributed by atoms with van der Waals surface area (Å²) in [6.07, 6.45) is 2.81. The summed E-state index contributed by atoms with van der Waals surface area (Å²) >= 11 is 0. The van der Waals surface area contributed by atoms with Crippen LogP contribution in [0, 0.1) is 0 Å². The molecule has 2 aromatic carbocycles. The summed E-state index contributed by atoms with van der Waals surface area (Å²) < 4.78 is 28.3. The van der Waals surface area contributed by atoms with Crippen LogP contribution in [0.2, 0.25) is 0 Å². The molecule has 0 radical (unpaired) electrons. The Balaban J connectivity index is 2.03. The van der Waals surface area contributed by atoms with Crippen LogP contribution in [-0.2, 0) is 9.84 Å². The molecule has 1 unspecified atom stereocenters. The molecule has 2 rings (SSSR count). The number of sulfone groups is 1. The summed E-state index contributed by atoms with van der Waals surface area (Å²) in [6.45, 7) is 5.83. The van der Waals surface area contributed by atoms with Crippen LogP contribution in [-0.4, -0.2) is 27.2 Å². The van der Waals surface area contributed by atoms with Crippen molar-refractivity contribution in [2.75, 3.05) is 12.9 Å². The minimum Gasteiger partial charge on any atom is -0.490 e. The molecule has 5 nitrogen and oxygen atoms in total. The molecule has 25 heavy (non-hydrogen) atoms. The lowest BCUT2D eigenvalue weighted by molar-refractivity contribution is 0.0940. The van der Waals surface area contributed by atoms with Crippen LogP contribution in [0.25, 0.3) is 0 Å². The first-order chi connectivity index (χ1) is 11.8. The van der Waals surface area contributed by atoms with Gasteiger partial charge in [0.15, 0.2) is 9.84 Å². The molecule has 0 bridgehead atoms. The lowest BCUT2D eigenvalue weighted by Gasteiger charge is -2.15. The Morgan fingerprint density at radius 2 is 1.76 bits per heavy atom. The molecular weight excluding hydrogens is 338 g/mol. The zero-order valence-electron chi connectivity index (χ0n) is 14.2. The van der Waals surface area contributed by atoms with Crippen LogP contribution < -0.4 is 10.1 Å². The Bertz CT molecular complexity index is 840. The highest BCUT2D eigenvalue weighted by molar-refractivity contribution is 7.90. The molecule has 0 aliphatic rings. The van der Waals surface area contributed by atoms with Gasteiger partial charge in [-0.2, -0.15) is 0 Å². The second-order valence-electron chi connectivity index (χ2n) is 5.66. The minimum atomic E-state index is -3.23. The number of carbonyl (C=O) groups excluding carboxylic acids is 1. The number of carbonyl (C=O) groups is 1. The molecule has 0 fully saturated rings. The van der Waals surface area contributed by atoms with Crippen molar-refractivity contribution < 1.29 is 17.9 Å². The molecule has 2 aromatic rings. The van der Waals surface area contributed by atoms with E-state index in [4.69, 9.17) is 4.74 Å². The van der Waals surface area contributed by atoms with Gasteiger partial charge in [-0.3, -0.25) is 4.79 Å². The maximum Gasteiger partial charge on any atom is 0.251 e. The van der Waals surface area contributed by atoms with Crippen molar-refractivity contribution >= 4 is 15.7 Å². The molecule has 0 aliphatic carbocycles. The summed E-state index contributed by atoms with van der Waals surface area (Å²) in [5.41, 5.74) is 1.34. The second kappa shape index (κ2) is 7.98. The van der Waals surface area contributed by atoms with Gasteiger partial charge < -0.3 is 10.1 Å². The molecule has 0 spiro atoms. The number of benzene rings is 2. The van der Waals surface area contributed by atoms with E-state index in [-0.39, 0.29) is 16.8 Å². The van der Waals surface area contributed by atoms with Crippen LogP contribution in [0.4, 0.5) is 0 Å². The third kappa shape index (κ3) is 5.19. The first-order valence-corrected chi connectivity index (χ1v) is 9.65. The van der Waals surface area contributed by atoms with Crippen LogP contribution in [0.1, 0.15) is 28.9 Å². The zero-order valence-corrected chi connectivity index (χ0v) is 15.0. The van der Waals surface area contributed by atoms with E-state index in [1.807, 2.05) is 6.92 Å². The van der Waals surface area contributed by atoms with Crippen molar-refractivity contribution in [1.82, 2.24) is 5.32 Å². The smallest absolute Gasteiger partial charge is 0.251 e. The van der Waals surface area contributed by atoms with Gasteiger partial charge in [0.25, 0.3) is 5.91 Å². The van der Waals surface area contributed by atoms with Gasteiger partial charge >= 0.3 is 0 Å². The standard InChI is InChI=1S/C19H21NO4S/c1-4-13-24-17-9-5-16(6-10-17)19(21)20-14(2)15-7-11-18(12-8-15)25(3,22)23/h4-12,14H,1,13H2,2-3H3,(H,20,21). The highest BCUT2D eigenvalue weighted by atomic mass is 32.2. The normalized spacial score (nSPS) is 12.2. The summed E-state index contributed by atoms with van der Waals surface area (Å²) in [7, 11) is -3.23. The minimum absolute atomic E-state index is 0.213. The fourth-order valence-electron chi connectivity index (χ4n) is 2.22. The van der Waals surface area contributed by atoms with Crippen molar-refractivity contribution in [3.8, 4) is 5.75 Å². The van der Waals surface area contributed by atoms with Gasteiger partial charge in [0.05, 0.1) is 10.9 Å². The van der Waals surface area contributed by atoms with Gasteiger partial charge in [-0.15, -0.1) is 0 Å². The summed E-state index contributed by atoms with van der Waals surface area (Å²) in [6, 6.07) is 13.1. The molecule has 0 saturated heterocycles. The third-order valence-corrected chi connectivity index (χ3v) is 4.77. The zero-order chi connectivity index (χ0) is 18.4. The molecule has 1 amide bonds. The van der Waals surface area contributed by atoms with Crippen LogP contribution in [0.3, 0.4) is 0 Å². The Hall–Kier alpha value is -2.60. The Morgan fingerprint density at radius 1 is 1.16 bits per heavy atom. The topological polar surface area (TPSA) is 72.5 Å². The highest BCUT2D eigenvalue weighted by Crippen LogP contribution is 2.18. The second-order valence-corrected chi connectivity index (χ2v) is 7.68. The molecule has 6 heteroatoms. The van der Waals surface area contributed by atoms with E-state index in [9.17, 15) is 13.2 Å². The van der Waals surface area contributed by atoms with E-state index in [1.54, 1.807) is 54.6 Å². The Morgan fingerprint density at radius 3 is 2.28 bits per heavy atom. The number of rotatable bonds is 7. The maximum absolute atomic E-state index is 12.3. The van der Waals surface area contributed by atoms with E-state index < -0.39 is 9.84 Å². The number of nitrogens with one attached hydrogen (secondary N) is 1. The molecule has 1 N–H and O–H groups in total. The monoisotopic (exact) mass is 359 g/mol. The van der Waals surface area contributed by atoms with Gasteiger partial charge in [0.1, 0.15) is 12.4 Å². The van der Waals surface area contributed by atoms with Crippen molar-refractivity contribution in [2.45, 2.75) is 17.9 Å². The predicted molar refractivity (Wildman–Crippen MR) is 97.6 cm³/mol. The number of hydrogen-bond donors (Lipinski definition) is 1. The first-order valence-electron chi connectivity index (χ1n) is 7.76. The number of hydrogen-bond acceptors (Lipinski definition) is 4. The van der Waals surface area contributed by atoms with E-state index in [2.05, 4.69) is 11.9 Å². The van der Waals surface area contributed by atoms with E-state index in [0.29, 0.717) is 17.9 Å². The lowest BCUT2D eigenvalue weighted by atomic mass is 10.1. The van der Waals surface area contributed by atoms with Crippen molar-refractivity contribution in [3.63, 3.8) is 0 Å². The van der Waals surface area contributed by atoms with Crippen LogP contribution >= 0.6 is 0 Å². The summed E-state index contributed by atoms with van der Waals surface area (Å²) in [4.78, 5) is 12.6. The molecular formula is C19H21NO4S. The fraction of sp³-hybridized carbons (Fsp3) is 0.211. The third-order valence-electron chi connectivity index (χ3n) is 3.64. The van der Waals surface area contributed by atoms with Crippen molar-refractivity contribution in [3.05, 3.63) is 72.3 Å². The quantitative estimate of drug-likeness (QED) is 0.771. The molecule has 0 aromatic heterocycles. The SMILES string of the molecule is C=CCOc1ccc(C(=O)NC(C)c2ccc(S(C)(=O)=O)cc2)cc1. The average molecular weight is 359 g/mol. The van der Waals surface area contributed by atoms with E-state index in [1.165, 1.54) is 0 Å².